The molecule has 0 bridgehead atoms. The predicted octanol–water partition coefficient (Wildman–Crippen LogP) is 3.04. The van der Waals surface area contributed by atoms with Gasteiger partial charge in [-0.25, -0.2) is 0 Å². The molecule has 0 unspecified atom stereocenters. The van der Waals surface area contributed by atoms with E-state index in [1.807, 2.05) is 35.2 Å². The molecule has 0 spiro atoms. The predicted molar refractivity (Wildman–Crippen MR) is 128 cm³/mol. The van der Waals surface area contributed by atoms with Gasteiger partial charge in [-0.2, -0.15) is 0 Å². The Kier molecular flexibility index (Phi) is 9.54. The van der Waals surface area contributed by atoms with Crippen molar-refractivity contribution in [3.8, 4) is 11.5 Å². The van der Waals surface area contributed by atoms with E-state index in [1.165, 1.54) is 5.56 Å². The van der Waals surface area contributed by atoms with Crippen molar-refractivity contribution in [1.82, 2.24) is 9.80 Å². The lowest BCUT2D eigenvalue weighted by Gasteiger charge is -2.29. The molecule has 0 aromatic heterocycles. The van der Waals surface area contributed by atoms with Gasteiger partial charge in [0.15, 0.2) is 0 Å². The maximum atomic E-state index is 12.7. The zero-order valence-corrected chi connectivity index (χ0v) is 20.2. The first kappa shape index (κ1) is 25.0. The normalized spacial score (nSPS) is 18.3. The van der Waals surface area contributed by atoms with Crippen LogP contribution in [-0.2, 0) is 20.8 Å². The lowest BCUT2D eigenvalue weighted by molar-refractivity contribution is -0.136. The summed E-state index contributed by atoms with van der Waals surface area (Å²) in [5, 5.41) is 0. The molecule has 1 fully saturated rings. The van der Waals surface area contributed by atoms with Crippen molar-refractivity contribution >= 4 is 5.91 Å². The number of hydrogen-bond donors (Lipinski definition) is 0. The Morgan fingerprint density at radius 2 is 1.64 bits per heavy atom. The van der Waals surface area contributed by atoms with Crippen molar-refractivity contribution in [1.29, 1.82) is 0 Å². The second-order valence-corrected chi connectivity index (χ2v) is 8.38. The van der Waals surface area contributed by atoms with Crippen molar-refractivity contribution in [2.45, 2.75) is 12.5 Å². The van der Waals surface area contributed by atoms with Gasteiger partial charge in [0.2, 0.25) is 5.91 Å². The average molecular weight is 457 g/mol. The van der Waals surface area contributed by atoms with E-state index < -0.39 is 0 Å². The van der Waals surface area contributed by atoms with Gasteiger partial charge < -0.3 is 23.8 Å². The highest BCUT2D eigenvalue weighted by Gasteiger charge is 2.37. The fraction of sp³-hybridized carbons (Fsp3) is 0.500. The zero-order valence-electron chi connectivity index (χ0n) is 20.2. The second kappa shape index (κ2) is 12.6. The number of rotatable bonds is 12. The molecule has 2 atom stereocenters. The molecule has 0 N–H and O–H groups in total. The SMILES string of the molecule is COCCN(C[C@H]1CN(Cc2ccccc2OC)C[C@@H]1c1ccccc1OC)C(=O)COC. The maximum Gasteiger partial charge on any atom is 0.248 e. The first-order valence-corrected chi connectivity index (χ1v) is 11.3. The van der Waals surface area contributed by atoms with Gasteiger partial charge in [-0.1, -0.05) is 36.4 Å². The number of amides is 1. The number of likely N-dealkylation sites (tertiary alicyclic amines) is 1. The highest BCUT2D eigenvalue weighted by Crippen LogP contribution is 2.39. The number of carbonyl (C=O) groups is 1. The Labute approximate surface area is 197 Å². The van der Waals surface area contributed by atoms with E-state index in [2.05, 4.69) is 23.1 Å². The van der Waals surface area contributed by atoms with Gasteiger partial charge in [0, 0.05) is 58.4 Å². The van der Waals surface area contributed by atoms with Gasteiger partial charge in [-0.15, -0.1) is 0 Å². The maximum absolute atomic E-state index is 12.7. The highest BCUT2D eigenvalue weighted by molar-refractivity contribution is 5.77. The molecule has 0 aliphatic carbocycles. The molecule has 7 nitrogen and oxygen atoms in total. The van der Waals surface area contributed by atoms with Crippen LogP contribution < -0.4 is 9.47 Å². The summed E-state index contributed by atoms with van der Waals surface area (Å²) in [4.78, 5) is 17.1. The first-order valence-electron chi connectivity index (χ1n) is 11.3. The molecule has 1 aliphatic heterocycles. The van der Waals surface area contributed by atoms with E-state index in [0.717, 1.165) is 36.7 Å². The van der Waals surface area contributed by atoms with E-state index in [-0.39, 0.29) is 24.3 Å². The van der Waals surface area contributed by atoms with Gasteiger partial charge in [-0.3, -0.25) is 9.69 Å². The molecule has 1 amide bonds. The summed E-state index contributed by atoms with van der Waals surface area (Å²) in [7, 11) is 6.62. The standard InChI is InChI=1S/C26H36N2O5/c1-30-14-13-28(26(29)19-31-2)17-21-16-27(15-20-9-5-7-11-24(20)32-3)18-23(21)22-10-6-8-12-25(22)33-4/h5-12,21,23H,13-19H2,1-4H3/t21-,23+/m1/s1. The van der Waals surface area contributed by atoms with Crippen LogP contribution in [0.25, 0.3) is 0 Å². The topological polar surface area (TPSA) is 60.5 Å². The molecule has 2 aromatic carbocycles. The van der Waals surface area contributed by atoms with Crippen LogP contribution in [0.3, 0.4) is 0 Å². The van der Waals surface area contributed by atoms with Crippen LogP contribution >= 0.6 is 0 Å². The van der Waals surface area contributed by atoms with Crippen molar-refractivity contribution < 1.29 is 23.7 Å². The molecular weight excluding hydrogens is 420 g/mol. The summed E-state index contributed by atoms with van der Waals surface area (Å²) in [5.41, 5.74) is 2.34. The summed E-state index contributed by atoms with van der Waals surface area (Å²) in [6.45, 7) is 4.27. The molecule has 7 heteroatoms. The molecule has 2 aromatic rings. The largest absolute Gasteiger partial charge is 0.496 e. The number of benzene rings is 2. The summed E-state index contributed by atoms with van der Waals surface area (Å²) in [6, 6.07) is 16.3. The van der Waals surface area contributed by atoms with E-state index in [1.54, 1.807) is 28.4 Å². The van der Waals surface area contributed by atoms with Gasteiger partial charge >= 0.3 is 0 Å². The van der Waals surface area contributed by atoms with Gasteiger partial charge in [0.1, 0.15) is 18.1 Å². The molecule has 0 saturated carbocycles. The van der Waals surface area contributed by atoms with E-state index >= 15 is 0 Å². The van der Waals surface area contributed by atoms with Crippen LogP contribution in [0.2, 0.25) is 0 Å². The number of para-hydroxylation sites is 2. The first-order chi connectivity index (χ1) is 16.1. The molecule has 1 saturated heterocycles. The molecular formula is C26H36N2O5. The summed E-state index contributed by atoms with van der Waals surface area (Å²) < 4.78 is 21.6. The van der Waals surface area contributed by atoms with Crippen LogP contribution in [0.15, 0.2) is 48.5 Å². The van der Waals surface area contributed by atoms with Crippen molar-refractivity contribution in [2.24, 2.45) is 5.92 Å². The number of nitrogens with zero attached hydrogens (tertiary/aromatic N) is 2. The molecule has 3 rings (SSSR count). The monoisotopic (exact) mass is 456 g/mol. The molecule has 1 aliphatic rings. The molecule has 33 heavy (non-hydrogen) atoms. The Hall–Kier alpha value is -2.61. The van der Waals surface area contributed by atoms with Gasteiger partial charge in [0.05, 0.1) is 20.8 Å². The second-order valence-electron chi connectivity index (χ2n) is 8.38. The van der Waals surface area contributed by atoms with Crippen LogP contribution in [0.1, 0.15) is 17.0 Å². The fourth-order valence-corrected chi connectivity index (χ4v) is 4.69. The summed E-state index contributed by atoms with van der Waals surface area (Å²) in [5.74, 6) is 2.24. The Morgan fingerprint density at radius 1 is 0.939 bits per heavy atom. The van der Waals surface area contributed by atoms with Crippen molar-refractivity contribution in [3.05, 3.63) is 59.7 Å². The number of methoxy groups -OCH3 is 4. The minimum atomic E-state index is -0.0171. The Bertz CT molecular complexity index is 890. The minimum Gasteiger partial charge on any atom is -0.496 e. The third kappa shape index (κ3) is 6.47. The quantitative estimate of drug-likeness (QED) is 0.489. The number of hydrogen-bond acceptors (Lipinski definition) is 6. The van der Waals surface area contributed by atoms with E-state index in [4.69, 9.17) is 18.9 Å². The third-order valence-electron chi connectivity index (χ3n) is 6.28. The molecule has 180 valence electrons. The van der Waals surface area contributed by atoms with Crippen LogP contribution in [0, 0.1) is 5.92 Å². The van der Waals surface area contributed by atoms with Crippen LogP contribution in [0.5, 0.6) is 11.5 Å². The Morgan fingerprint density at radius 3 is 2.33 bits per heavy atom. The number of ether oxygens (including phenoxy) is 4. The zero-order chi connectivity index (χ0) is 23.6. The van der Waals surface area contributed by atoms with Gasteiger partial charge in [-0.05, 0) is 23.6 Å². The third-order valence-corrected chi connectivity index (χ3v) is 6.28. The fourth-order valence-electron chi connectivity index (χ4n) is 4.69. The van der Waals surface area contributed by atoms with Crippen molar-refractivity contribution in [2.75, 3.05) is 67.8 Å². The lowest BCUT2D eigenvalue weighted by atomic mass is 9.88. The van der Waals surface area contributed by atoms with E-state index in [9.17, 15) is 4.79 Å². The van der Waals surface area contributed by atoms with Crippen LogP contribution in [0.4, 0.5) is 0 Å². The van der Waals surface area contributed by atoms with Crippen LogP contribution in [-0.4, -0.2) is 83.5 Å². The van der Waals surface area contributed by atoms with E-state index in [0.29, 0.717) is 19.7 Å². The summed E-state index contributed by atoms with van der Waals surface area (Å²) >= 11 is 0. The van der Waals surface area contributed by atoms with Crippen molar-refractivity contribution in [3.63, 3.8) is 0 Å². The highest BCUT2D eigenvalue weighted by atomic mass is 16.5. The van der Waals surface area contributed by atoms with Gasteiger partial charge in [0.25, 0.3) is 0 Å². The minimum absolute atomic E-state index is 0.0171. The summed E-state index contributed by atoms with van der Waals surface area (Å²) in [6.07, 6.45) is 0. The molecule has 0 radical (unpaired) electrons. The average Bonchev–Trinajstić information content (AvgIpc) is 3.23. The Balaban J connectivity index is 1.86. The lowest BCUT2D eigenvalue weighted by Crippen LogP contribution is -2.41. The molecule has 1 heterocycles. The number of carbonyl (C=O) groups excluding carboxylic acids is 1. The smallest absolute Gasteiger partial charge is 0.248 e.